The lowest BCUT2D eigenvalue weighted by Gasteiger charge is -2.14. The van der Waals surface area contributed by atoms with Crippen molar-refractivity contribution in [2.75, 3.05) is 34.4 Å². The highest BCUT2D eigenvalue weighted by atomic mass is 127. The lowest BCUT2D eigenvalue weighted by molar-refractivity contribution is 0.324. The number of aliphatic imine (C=N–C) groups is 1. The Morgan fingerprint density at radius 1 is 1.03 bits per heavy atom. The zero-order chi connectivity index (χ0) is 22.2. The molecule has 9 heteroatoms. The maximum atomic E-state index is 6.15. The van der Waals surface area contributed by atoms with Gasteiger partial charge in [-0.05, 0) is 54.8 Å². The van der Waals surface area contributed by atoms with Gasteiger partial charge < -0.3 is 29.8 Å². The van der Waals surface area contributed by atoms with Gasteiger partial charge in [-0.1, -0.05) is 11.6 Å². The van der Waals surface area contributed by atoms with Gasteiger partial charge in [0.1, 0.15) is 0 Å². The molecule has 0 saturated heterocycles. The molecule has 0 aliphatic carbocycles. The van der Waals surface area contributed by atoms with Crippen LogP contribution in [0.4, 0.5) is 0 Å². The van der Waals surface area contributed by atoms with E-state index in [1.165, 1.54) is 5.56 Å². The monoisotopic (exact) mass is 572 g/mol. The standard InChI is InChI=1S/C23H29ClN4O3.HI/c1-5-25-23(26-9-8-16-14-27-19-7-6-17(24)12-18(16)19)28-13-15-10-20(29-2)22(31-4)21(11-15)30-3;/h6-7,10-12,14,27H,5,8-9,13H2,1-4H3,(H2,25,26,28);1H. The summed E-state index contributed by atoms with van der Waals surface area (Å²) in [5, 5.41) is 8.56. The molecule has 0 aliphatic rings. The van der Waals surface area contributed by atoms with Gasteiger partial charge >= 0.3 is 0 Å². The predicted molar refractivity (Wildman–Crippen MR) is 141 cm³/mol. The summed E-state index contributed by atoms with van der Waals surface area (Å²) in [4.78, 5) is 7.99. The summed E-state index contributed by atoms with van der Waals surface area (Å²) in [5.41, 5.74) is 3.26. The fourth-order valence-electron chi connectivity index (χ4n) is 3.41. The molecule has 0 fully saturated rings. The van der Waals surface area contributed by atoms with Gasteiger partial charge in [0.15, 0.2) is 17.5 Å². The highest BCUT2D eigenvalue weighted by molar-refractivity contribution is 14.0. The molecule has 1 heterocycles. The van der Waals surface area contributed by atoms with Crippen molar-refractivity contribution >= 4 is 52.4 Å². The van der Waals surface area contributed by atoms with Crippen molar-refractivity contribution in [1.29, 1.82) is 0 Å². The predicted octanol–water partition coefficient (Wildman–Crippen LogP) is 4.76. The zero-order valence-electron chi connectivity index (χ0n) is 18.8. The first-order valence-corrected chi connectivity index (χ1v) is 10.5. The molecular formula is C23H30ClIN4O3. The first-order chi connectivity index (χ1) is 15.1. The maximum absolute atomic E-state index is 6.15. The summed E-state index contributed by atoms with van der Waals surface area (Å²) >= 11 is 6.15. The second-order valence-corrected chi connectivity index (χ2v) is 7.35. The van der Waals surface area contributed by atoms with E-state index in [9.17, 15) is 0 Å². The molecule has 0 radical (unpaired) electrons. The van der Waals surface area contributed by atoms with Gasteiger partial charge in [-0.25, -0.2) is 4.99 Å². The van der Waals surface area contributed by atoms with Gasteiger partial charge in [0.25, 0.3) is 0 Å². The lowest BCUT2D eigenvalue weighted by atomic mass is 10.1. The molecule has 1 aromatic heterocycles. The van der Waals surface area contributed by atoms with Crippen LogP contribution < -0.4 is 24.8 Å². The quantitative estimate of drug-likeness (QED) is 0.196. The Morgan fingerprint density at radius 3 is 2.38 bits per heavy atom. The van der Waals surface area contributed by atoms with Crippen LogP contribution >= 0.6 is 35.6 Å². The topological polar surface area (TPSA) is 79.9 Å². The number of rotatable bonds is 9. The van der Waals surface area contributed by atoms with E-state index in [1.54, 1.807) is 21.3 Å². The Hall–Kier alpha value is -2.33. The van der Waals surface area contributed by atoms with E-state index in [2.05, 4.69) is 15.6 Å². The number of ether oxygens (including phenoxy) is 3. The van der Waals surface area contributed by atoms with Crippen molar-refractivity contribution in [2.45, 2.75) is 19.9 Å². The SMILES string of the molecule is CCNC(=NCc1cc(OC)c(OC)c(OC)c1)NCCc1c[nH]c2ccc(Cl)cc12.I. The van der Waals surface area contributed by atoms with E-state index in [1.807, 2.05) is 43.5 Å². The molecule has 2 aromatic carbocycles. The van der Waals surface area contributed by atoms with Gasteiger partial charge in [0, 0.05) is 35.2 Å². The van der Waals surface area contributed by atoms with Gasteiger partial charge in [0.05, 0.1) is 27.9 Å². The molecule has 0 bridgehead atoms. The third kappa shape index (κ3) is 6.35. The van der Waals surface area contributed by atoms with Crippen LogP contribution in [0, 0.1) is 0 Å². The third-order valence-electron chi connectivity index (χ3n) is 4.90. The second-order valence-electron chi connectivity index (χ2n) is 6.91. The van der Waals surface area contributed by atoms with Gasteiger partial charge in [-0.3, -0.25) is 0 Å². The summed E-state index contributed by atoms with van der Waals surface area (Å²) in [7, 11) is 4.80. The number of aromatic amines is 1. The molecular weight excluding hydrogens is 543 g/mol. The van der Waals surface area contributed by atoms with Crippen LogP contribution in [0.25, 0.3) is 10.9 Å². The van der Waals surface area contributed by atoms with Crippen LogP contribution in [0.1, 0.15) is 18.1 Å². The molecule has 3 aromatic rings. The fraction of sp³-hybridized carbons (Fsp3) is 0.348. The van der Waals surface area contributed by atoms with E-state index in [0.29, 0.717) is 23.8 Å². The second kappa shape index (κ2) is 12.6. The fourth-order valence-corrected chi connectivity index (χ4v) is 3.58. The van der Waals surface area contributed by atoms with Crippen molar-refractivity contribution in [2.24, 2.45) is 4.99 Å². The molecule has 0 atom stereocenters. The van der Waals surface area contributed by atoms with Crippen molar-refractivity contribution in [1.82, 2.24) is 15.6 Å². The van der Waals surface area contributed by atoms with Crippen LogP contribution in [0.5, 0.6) is 17.2 Å². The Morgan fingerprint density at radius 2 is 1.75 bits per heavy atom. The van der Waals surface area contributed by atoms with Gasteiger partial charge in [-0.2, -0.15) is 0 Å². The van der Waals surface area contributed by atoms with Gasteiger partial charge in [0.2, 0.25) is 5.75 Å². The van der Waals surface area contributed by atoms with E-state index >= 15 is 0 Å². The number of hydrogen-bond donors (Lipinski definition) is 3. The Balaban J connectivity index is 0.00000363. The largest absolute Gasteiger partial charge is 0.493 e. The normalized spacial score (nSPS) is 11.1. The minimum atomic E-state index is 0. The Labute approximate surface area is 210 Å². The number of hydrogen-bond acceptors (Lipinski definition) is 4. The van der Waals surface area contributed by atoms with E-state index in [4.69, 9.17) is 30.8 Å². The van der Waals surface area contributed by atoms with Crippen LogP contribution in [-0.2, 0) is 13.0 Å². The third-order valence-corrected chi connectivity index (χ3v) is 5.14. The summed E-state index contributed by atoms with van der Waals surface area (Å²) in [6, 6.07) is 9.69. The van der Waals surface area contributed by atoms with E-state index in [0.717, 1.165) is 47.0 Å². The molecule has 0 spiro atoms. The van der Waals surface area contributed by atoms with Crippen molar-refractivity contribution in [3.05, 3.63) is 52.7 Å². The number of fused-ring (bicyclic) bond motifs is 1. The number of nitrogens with zero attached hydrogens (tertiary/aromatic N) is 1. The van der Waals surface area contributed by atoms with Crippen LogP contribution in [0.3, 0.4) is 0 Å². The number of guanidine groups is 1. The molecule has 0 saturated carbocycles. The maximum Gasteiger partial charge on any atom is 0.203 e. The average Bonchev–Trinajstić information content (AvgIpc) is 3.18. The average molecular weight is 573 g/mol. The zero-order valence-corrected chi connectivity index (χ0v) is 21.8. The summed E-state index contributed by atoms with van der Waals surface area (Å²) in [5.74, 6) is 2.54. The highest BCUT2D eigenvalue weighted by Crippen LogP contribution is 2.38. The number of halogens is 2. The number of H-pyrrole nitrogens is 1. The molecule has 32 heavy (non-hydrogen) atoms. The van der Waals surface area contributed by atoms with E-state index < -0.39 is 0 Å². The van der Waals surface area contributed by atoms with Crippen LogP contribution in [0.15, 0.2) is 41.5 Å². The lowest BCUT2D eigenvalue weighted by Crippen LogP contribution is -2.38. The smallest absolute Gasteiger partial charge is 0.203 e. The highest BCUT2D eigenvalue weighted by Gasteiger charge is 2.13. The number of aromatic nitrogens is 1. The first-order valence-electron chi connectivity index (χ1n) is 10.2. The number of nitrogens with one attached hydrogen (secondary N) is 3. The van der Waals surface area contributed by atoms with Crippen LogP contribution in [0.2, 0.25) is 5.02 Å². The molecule has 7 nitrogen and oxygen atoms in total. The Kier molecular flexibility index (Phi) is 10.2. The minimum Gasteiger partial charge on any atom is -0.493 e. The molecule has 174 valence electrons. The summed E-state index contributed by atoms with van der Waals surface area (Å²) in [6.07, 6.45) is 2.87. The van der Waals surface area contributed by atoms with E-state index in [-0.39, 0.29) is 24.0 Å². The van der Waals surface area contributed by atoms with Crippen molar-refractivity contribution < 1.29 is 14.2 Å². The van der Waals surface area contributed by atoms with Crippen molar-refractivity contribution in [3.63, 3.8) is 0 Å². The summed E-state index contributed by atoms with van der Waals surface area (Å²) < 4.78 is 16.2. The minimum absolute atomic E-state index is 0. The Bertz CT molecular complexity index is 1030. The number of methoxy groups -OCH3 is 3. The molecule has 3 N–H and O–H groups in total. The molecule has 0 unspecified atom stereocenters. The first kappa shape index (κ1) is 25.9. The van der Waals surface area contributed by atoms with Crippen molar-refractivity contribution in [3.8, 4) is 17.2 Å². The molecule has 0 aliphatic heterocycles. The van der Waals surface area contributed by atoms with Gasteiger partial charge in [-0.15, -0.1) is 24.0 Å². The molecule has 0 amide bonds. The summed E-state index contributed by atoms with van der Waals surface area (Å²) in [6.45, 7) is 4.01. The number of benzene rings is 2. The van der Waals surface area contributed by atoms with Crippen LogP contribution in [-0.4, -0.2) is 45.4 Å². The molecule has 3 rings (SSSR count).